The highest BCUT2D eigenvalue weighted by molar-refractivity contribution is 5.98. The zero-order valence-electron chi connectivity index (χ0n) is 16.9. The van der Waals surface area contributed by atoms with Crippen molar-refractivity contribution in [2.24, 2.45) is 5.92 Å². The Morgan fingerprint density at radius 1 is 1.14 bits per heavy atom. The molecule has 2 aromatic carbocycles. The molecule has 1 amide bonds. The van der Waals surface area contributed by atoms with Gasteiger partial charge in [0.05, 0.1) is 30.5 Å². The second-order valence-corrected chi connectivity index (χ2v) is 7.56. The zero-order valence-corrected chi connectivity index (χ0v) is 16.9. The van der Waals surface area contributed by atoms with Gasteiger partial charge in [0.2, 0.25) is 0 Å². The van der Waals surface area contributed by atoms with Crippen molar-refractivity contribution in [2.75, 3.05) is 26.8 Å². The van der Waals surface area contributed by atoms with Gasteiger partial charge in [0.1, 0.15) is 11.5 Å². The number of carbonyl (C=O) groups excluding carboxylic acids is 1. The maximum atomic E-state index is 13.2. The number of carbonyl (C=O) groups is 1. The van der Waals surface area contributed by atoms with E-state index in [1.54, 1.807) is 7.11 Å². The van der Waals surface area contributed by atoms with Gasteiger partial charge in [0, 0.05) is 30.5 Å². The molecule has 5 nitrogen and oxygen atoms in total. The number of hydrogen-bond acceptors (Lipinski definition) is 4. The van der Waals surface area contributed by atoms with E-state index in [1.165, 1.54) is 0 Å². The lowest BCUT2D eigenvalue weighted by atomic mass is 9.97. The first-order valence-corrected chi connectivity index (χ1v) is 10.1. The number of ether oxygens (including phenoxy) is 2. The molecule has 29 heavy (non-hydrogen) atoms. The quantitative estimate of drug-likeness (QED) is 0.644. The van der Waals surface area contributed by atoms with E-state index in [1.807, 2.05) is 66.4 Å². The molecule has 3 aromatic rings. The lowest BCUT2D eigenvalue weighted by Crippen LogP contribution is -2.41. The summed E-state index contributed by atoms with van der Waals surface area (Å²) in [6, 6.07) is 17.5. The summed E-state index contributed by atoms with van der Waals surface area (Å²) < 4.78 is 11.2. The van der Waals surface area contributed by atoms with Crippen LogP contribution < -0.4 is 9.47 Å². The average molecular weight is 390 g/mol. The normalized spacial score (nSPS) is 16.6. The van der Waals surface area contributed by atoms with Crippen LogP contribution in [0.3, 0.4) is 0 Å². The van der Waals surface area contributed by atoms with Crippen molar-refractivity contribution in [3.8, 4) is 11.5 Å². The Morgan fingerprint density at radius 2 is 1.97 bits per heavy atom. The second-order valence-electron chi connectivity index (χ2n) is 7.56. The Bertz CT molecular complexity index is 1000. The summed E-state index contributed by atoms with van der Waals surface area (Å²) in [6.45, 7) is 4.02. The zero-order chi connectivity index (χ0) is 20.2. The molecule has 1 atom stereocenters. The molecule has 2 heterocycles. The van der Waals surface area contributed by atoms with Gasteiger partial charge in [-0.05, 0) is 50.1 Å². The van der Waals surface area contributed by atoms with Crippen LogP contribution in [0.4, 0.5) is 0 Å². The number of nitrogens with zero attached hydrogens (tertiary/aromatic N) is 2. The number of hydrogen-bond donors (Lipinski definition) is 0. The molecule has 150 valence electrons. The standard InChI is InChI=1S/C24H26N2O3/c1-17-22(13-19-10-11-21(28-2)14-23(19)25-17)24(27)26-12-6-7-18(15-26)16-29-20-8-4-3-5-9-20/h3-5,8-11,13-14,18H,6-7,12,15-16H2,1-2H3. The predicted molar refractivity (Wildman–Crippen MR) is 114 cm³/mol. The van der Waals surface area contributed by atoms with E-state index in [-0.39, 0.29) is 5.91 Å². The van der Waals surface area contributed by atoms with Crippen molar-refractivity contribution in [3.63, 3.8) is 0 Å². The minimum absolute atomic E-state index is 0.0529. The van der Waals surface area contributed by atoms with Gasteiger partial charge in [0.15, 0.2) is 0 Å². The molecule has 1 aliphatic rings. The summed E-state index contributed by atoms with van der Waals surface area (Å²) >= 11 is 0. The van der Waals surface area contributed by atoms with Crippen LogP contribution in [0.15, 0.2) is 54.6 Å². The van der Waals surface area contributed by atoms with Gasteiger partial charge < -0.3 is 14.4 Å². The fourth-order valence-corrected chi connectivity index (χ4v) is 3.87. The van der Waals surface area contributed by atoms with Gasteiger partial charge in [-0.2, -0.15) is 0 Å². The predicted octanol–water partition coefficient (Wildman–Crippen LogP) is 4.48. The maximum absolute atomic E-state index is 13.2. The van der Waals surface area contributed by atoms with Gasteiger partial charge >= 0.3 is 0 Å². The SMILES string of the molecule is COc1ccc2cc(C(=O)N3CCCC(COc4ccccc4)C3)c(C)nc2c1. The van der Waals surface area contributed by atoms with Crippen molar-refractivity contribution in [3.05, 3.63) is 65.9 Å². The summed E-state index contributed by atoms with van der Waals surface area (Å²) in [6.07, 6.45) is 2.07. The van der Waals surface area contributed by atoms with E-state index in [2.05, 4.69) is 4.98 Å². The van der Waals surface area contributed by atoms with E-state index >= 15 is 0 Å². The Labute approximate surface area is 171 Å². The monoisotopic (exact) mass is 390 g/mol. The first-order valence-electron chi connectivity index (χ1n) is 10.1. The number of aromatic nitrogens is 1. The van der Waals surface area contributed by atoms with E-state index < -0.39 is 0 Å². The molecule has 0 aliphatic carbocycles. The molecule has 1 aliphatic heterocycles. The lowest BCUT2D eigenvalue weighted by molar-refractivity contribution is 0.0632. The molecule has 1 saturated heterocycles. The topological polar surface area (TPSA) is 51.7 Å². The number of pyridine rings is 1. The summed E-state index contributed by atoms with van der Waals surface area (Å²) in [5.41, 5.74) is 2.26. The smallest absolute Gasteiger partial charge is 0.255 e. The average Bonchev–Trinajstić information content (AvgIpc) is 2.77. The van der Waals surface area contributed by atoms with E-state index in [4.69, 9.17) is 9.47 Å². The van der Waals surface area contributed by atoms with Crippen molar-refractivity contribution < 1.29 is 14.3 Å². The highest BCUT2D eigenvalue weighted by Crippen LogP contribution is 2.25. The number of likely N-dealkylation sites (tertiary alicyclic amines) is 1. The van der Waals surface area contributed by atoms with Crippen molar-refractivity contribution in [2.45, 2.75) is 19.8 Å². The summed E-state index contributed by atoms with van der Waals surface area (Å²) in [4.78, 5) is 19.8. The van der Waals surface area contributed by atoms with Gasteiger partial charge in [-0.1, -0.05) is 18.2 Å². The van der Waals surface area contributed by atoms with Crippen molar-refractivity contribution in [1.82, 2.24) is 9.88 Å². The molecule has 4 rings (SSSR count). The van der Waals surface area contributed by atoms with Gasteiger partial charge in [0.25, 0.3) is 5.91 Å². The highest BCUT2D eigenvalue weighted by atomic mass is 16.5. The minimum atomic E-state index is 0.0529. The minimum Gasteiger partial charge on any atom is -0.497 e. The molecular weight excluding hydrogens is 364 g/mol. The fourth-order valence-electron chi connectivity index (χ4n) is 3.87. The van der Waals surface area contributed by atoms with Crippen LogP contribution in [0, 0.1) is 12.8 Å². The molecule has 1 fully saturated rings. The number of methoxy groups -OCH3 is 1. The Hall–Kier alpha value is -3.08. The van der Waals surface area contributed by atoms with E-state index in [0.29, 0.717) is 24.6 Å². The van der Waals surface area contributed by atoms with Crippen LogP contribution in [0.5, 0.6) is 11.5 Å². The molecule has 0 N–H and O–H groups in total. The Morgan fingerprint density at radius 3 is 2.76 bits per heavy atom. The highest BCUT2D eigenvalue weighted by Gasteiger charge is 2.26. The summed E-state index contributed by atoms with van der Waals surface area (Å²) in [5, 5.41) is 0.945. The molecule has 0 saturated carbocycles. The van der Waals surface area contributed by atoms with Gasteiger partial charge in [-0.25, -0.2) is 0 Å². The first-order chi connectivity index (χ1) is 14.1. The molecule has 5 heteroatoms. The van der Waals surface area contributed by atoms with Crippen LogP contribution >= 0.6 is 0 Å². The number of rotatable bonds is 5. The molecular formula is C24H26N2O3. The fraction of sp³-hybridized carbons (Fsp3) is 0.333. The molecule has 0 radical (unpaired) electrons. The number of aryl methyl sites for hydroxylation is 1. The second kappa shape index (κ2) is 8.52. The van der Waals surface area contributed by atoms with Crippen molar-refractivity contribution in [1.29, 1.82) is 0 Å². The Kier molecular flexibility index (Phi) is 5.65. The number of para-hydroxylation sites is 1. The van der Waals surface area contributed by atoms with E-state index in [9.17, 15) is 4.79 Å². The Balaban J connectivity index is 1.47. The third kappa shape index (κ3) is 4.34. The van der Waals surface area contributed by atoms with Crippen molar-refractivity contribution >= 4 is 16.8 Å². The van der Waals surface area contributed by atoms with Gasteiger partial charge in [-0.3, -0.25) is 9.78 Å². The molecule has 1 unspecified atom stereocenters. The van der Waals surface area contributed by atoms with Crippen LogP contribution in [0.2, 0.25) is 0 Å². The van der Waals surface area contributed by atoms with Crippen LogP contribution in [-0.2, 0) is 0 Å². The summed E-state index contributed by atoms with van der Waals surface area (Å²) in [5.74, 6) is 2.03. The number of fused-ring (bicyclic) bond motifs is 1. The lowest BCUT2D eigenvalue weighted by Gasteiger charge is -2.33. The largest absolute Gasteiger partial charge is 0.497 e. The molecule has 0 spiro atoms. The molecule has 0 bridgehead atoms. The third-order valence-corrected chi connectivity index (χ3v) is 5.48. The van der Waals surface area contributed by atoms with Crippen LogP contribution in [-0.4, -0.2) is 42.6 Å². The molecule has 1 aromatic heterocycles. The van der Waals surface area contributed by atoms with Gasteiger partial charge in [-0.15, -0.1) is 0 Å². The number of benzene rings is 2. The van der Waals surface area contributed by atoms with Crippen LogP contribution in [0.25, 0.3) is 10.9 Å². The first kappa shape index (κ1) is 19.2. The summed E-state index contributed by atoms with van der Waals surface area (Å²) in [7, 11) is 1.64. The third-order valence-electron chi connectivity index (χ3n) is 5.48. The number of piperidine rings is 1. The number of amides is 1. The van der Waals surface area contributed by atoms with Crippen LogP contribution in [0.1, 0.15) is 28.9 Å². The maximum Gasteiger partial charge on any atom is 0.255 e. The van der Waals surface area contributed by atoms with E-state index in [0.717, 1.165) is 47.5 Å².